The Kier molecular flexibility index (Phi) is 12.0. The van der Waals surface area contributed by atoms with Crippen LogP contribution in [-0.4, -0.2) is 58.8 Å². The lowest BCUT2D eigenvalue weighted by atomic mass is 10.1. The lowest BCUT2D eigenvalue weighted by molar-refractivity contribution is -0.109. The summed E-state index contributed by atoms with van der Waals surface area (Å²) in [6.07, 6.45) is 5.75. The van der Waals surface area contributed by atoms with Crippen LogP contribution in [0.2, 0.25) is 0 Å². The first-order valence-electron chi connectivity index (χ1n) is 15.7. The number of carbonyl (C=O) groups is 2. The average molecular weight is 656 g/mol. The van der Waals surface area contributed by atoms with Gasteiger partial charge in [-0.1, -0.05) is 30.3 Å². The number of rotatable bonds is 18. The number of thiazole rings is 1. The van der Waals surface area contributed by atoms with Crippen molar-refractivity contribution in [3.8, 4) is 21.9 Å². The van der Waals surface area contributed by atoms with Gasteiger partial charge < -0.3 is 24.3 Å². The molecule has 0 aliphatic carbocycles. The van der Waals surface area contributed by atoms with Gasteiger partial charge in [0.25, 0.3) is 5.91 Å². The van der Waals surface area contributed by atoms with E-state index in [0.717, 1.165) is 76.5 Å². The second kappa shape index (κ2) is 16.7. The maximum atomic E-state index is 11.8. The summed E-state index contributed by atoms with van der Waals surface area (Å²) in [4.78, 5) is 30.5. The molecule has 2 aromatic heterocycles. The van der Waals surface area contributed by atoms with Gasteiger partial charge in [-0.05, 0) is 92.7 Å². The number of amides is 2. The van der Waals surface area contributed by atoms with E-state index in [4.69, 9.17) is 14.7 Å². The molecule has 0 saturated heterocycles. The largest absolute Gasteiger partial charge is 0.493 e. The van der Waals surface area contributed by atoms with E-state index < -0.39 is 5.91 Å². The summed E-state index contributed by atoms with van der Waals surface area (Å²) in [6.45, 7) is 6.00. The predicted molar refractivity (Wildman–Crippen MR) is 184 cm³/mol. The van der Waals surface area contributed by atoms with Crippen molar-refractivity contribution < 1.29 is 24.3 Å². The van der Waals surface area contributed by atoms with Crippen LogP contribution in [-0.2, 0) is 24.4 Å². The molecule has 3 N–H and O–H groups in total. The highest BCUT2D eigenvalue weighted by Crippen LogP contribution is 2.32. The summed E-state index contributed by atoms with van der Waals surface area (Å²) in [5.41, 5.74) is 9.10. The van der Waals surface area contributed by atoms with Gasteiger partial charge in [-0.15, -0.1) is 11.3 Å². The average Bonchev–Trinajstić information content (AvgIpc) is 3.71. The highest BCUT2D eigenvalue weighted by Gasteiger charge is 2.11. The molecule has 10 nitrogen and oxygen atoms in total. The molecule has 0 aliphatic heterocycles. The first-order valence-corrected chi connectivity index (χ1v) is 16.6. The molecular weight excluding hydrogens is 614 g/mol. The molecule has 5 aromatic rings. The minimum atomic E-state index is -0.535. The summed E-state index contributed by atoms with van der Waals surface area (Å²) in [5, 5.41) is 12.7. The Morgan fingerprint density at radius 3 is 2.64 bits per heavy atom. The lowest BCUT2D eigenvalue weighted by Gasteiger charge is -2.17. The number of benzene rings is 3. The molecule has 2 amide bonds. The van der Waals surface area contributed by atoms with Crippen LogP contribution in [0, 0.1) is 6.92 Å². The van der Waals surface area contributed by atoms with Crippen LogP contribution in [0.3, 0.4) is 0 Å². The van der Waals surface area contributed by atoms with E-state index in [-0.39, 0.29) is 0 Å². The van der Waals surface area contributed by atoms with E-state index in [2.05, 4.69) is 46.5 Å². The number of fused-ring (bicyclic) bond motifs is 1. The molecule has 0 saturated carbocycles. The molecule has 5 rings (SSSR count). The molecule has 0 unspecified atom stereocenters. The number of hydroxylamine groups is 1. The number of aromatic nitrogens is 2. The number of hydrogen-bond donors (Lipinski definition) is 3. The molecule has 0 bridgehead atoms. The van der Waals surface area contributed by atoms with Crippen molar-refractivity contribution in [2.45, 2.75) is 45.8 Å². The van der Waals surface area contributed by atoms with E-state index in [1.807, 2.05) is 53.5 Å². The second-order valence-electron chi connectivity index (χ2n) is 11.5. The Morgan fingerprint density at radius 2 is 1.87 bits per heavy atom. The topological polar surface area (TPSA) is 118 Å². The highest BCUT2D eigenvalue weighted by molar-refractivity contribution is 7.13. The van der Waals surface area contributed by atoms with Crippen LogP contribution in [0.5, 0.6) is 11.5 Å². The molecule has 0 atom stereocenters. The van der Waals surface area contributed by atoms with Crippen molar-refractivity contribution in [2.75, 3.05) is 26.8 Å². The third-order valence-electron chi connectivity index (χ3n) is 8.01. The van der Waals surface area contributed by atoms with Crippen molar-refractivity contribution in [3.63, 3.8) is 0 Å². The molecule has 11 heteroatoms. The van der Waals surface area contributed by atoms with E-state index in [9.17, 15) is 9.59 Å². The molecular formula is C36H41N5O5S. The summed E-state index contributed by atoms with van der Waals surface area (Å²) in [7, 11) is 2.14. The lowest BCUT2D eigenvalue weighted by Crippen LogP contribution is -2.19. The molecule has 0 spiro atoms. The molecule has 3 aromatic carbocycles. The van der Waals surface area contributed by atoms with Crippen LogP contribution < -0.4 is 20.3 Å². The number of hydrogen-bond acceptors (Lipinski definition) is 8. The van der Waals surface area contributed by atoms with Gasteiger partial charge in [-0.3, -0.25) is 14.8 Å². The SMILES string of the molecule is Cc1ncsc1-c1ccc(CNC=O)c(OCCCCCN(C)Cc2ccc(OCCn3ccc4ccc(C(=O)NO)cc43)cc2)c1. The number of aryl methyl sites for hydroxylation is 1. The Labute approximate surface area is 278 Å². The maximum Gasteiger partial charge on any atom is 0.274 e. The fourth-order valence-electron chi connectivity index (χ4n) is 5.48. The van der Waals surface area contributed by atoms with Gasteiger partial charge in [0.15, 0.2) is 0 Å². The van der Waals surface area contributed by atoms with Gasteiger partial charge >= 0.3 is 0 Å². The molecule has 0 radical (unpaired) electrons. The Balaban J connectivity index is 1.01. The zero-order chi connectivity index (χ0) is 33.0. The maximum absolute atomic E-state index is 11.8. The third-order valence-corrected chi connectivity index (χ3v) is 8.98. The van der Waals surface area contributed by atoms with Crippen LogP contribution in [0.1, 0.15) is 46.4 Å². The number of ether oxygens (including phenoxy) is 2. The van der Waals surface area contributed by atoms with Gasteiger partial charge in [-0.2, -0.15) is 0 Å². The van der Waals surface area contributed by atoms with Crippen LogP contribution in [0.25, 0.3) is 21.3 Å². The van der Waals surface area contributed by atoms with Crippen molar-refractivity contribution in [2.24, 2.45) is 0 Å². The summed E-state index contributed by atoms with van der Waals surface area (Å²) in [5.74, 6) is 1.08. The Morgan fingerprint density at radius 1 is 1.02 bits per heavy atom. The minimum Gasteiger partial charge on any atom is -0.493 e. The highest BCUT2D eigenvalue weighted by atomic mass is 32.1. The third kappa shape index (κ3) is 9.19. The number of carbonyl (C=O) groups excluding carboxylic acids is 2. The van der Waals surface area contributed by atoms with E-state index in [0.29, 0.717) is 38.3 Å². The zero-order valence-corrected chi connectivity index (χ0v) is 27.6. The molecule has 0 fully saturated rings. The number of nitrogens with one attached hydrogen (secondary N) is 2. The molecule has 246 valence electrons. The first-order chi connectivity index (χ1) is 22.9. The number of nitrogens with zero attached hydrogens (tertiary/aromatic N) is 3. The van der Waals surface area contributed by atoms with E-state index >= 15 is 0 Å². The smallest absolute Gasteiger partial charge is 0.274 e. The predicted octanol–water partition coefficient (Wildman–Crippen LogP) is 6.20. The fraction of sp³-hybridized carbons (Fsp3) is 0.306. The van der Waals surface area contributed by atoms with Crippen LogP contribution >= 0.6 is 11.3 Å². The second-order valence-corrected chi connectivity index (χ2v) is 12.3. The number of unbranched alkanes of at least 4 members (excludes halogenated alkanes) is 2. The quantitative estimate of drug-likeness (QED) is 0.0446. The summed E-state index contributed by atoms with van der Waals surface area (Å²) >= 11 is 1.61. The molecule has 2 heterocycles. The van der Waals surface area contributed by atoms with Gasteiger partial charge in [0, 0.05) is 35.9 Å². The normalized spacial score (nSPS) is 11.1. The van der Waals surface area contributed by atoms with E-state index in [1.165, 1.54) is 5.56 Å². The molecule has 0 aliphatic rings. The summed E-state index contributed by atoms with van der Waals surface area (Å²) in [6, 6.07) is 21.6. The van der Waals surface area contributed by atoms with Gasteiger partial charge in [0.2, 0.25) is 6.41 Å². The first kappa shape index (κ1) is 33.6. The van der Waals surface area contributed by atoms with Crippen molar-refractivity contribution in [3.05, 3.63) is 101 Å². The summed E-state index contributed by atoms with van der Waals surface area (Å²) < 4.78 is 14.2. The van der Waals surface area contributed by atoms with E-state index in [1.54, 1.807) is 28.9 Å². The van der Waals surface area contributed by atoms with Gasteiger partial charge in [0.1, 0.15) is 18.1 Å². The van der Waals surface area contributed by atoms with Gasteiger partial charge in [-0.25, -0.2) is 10.5 Å². The Bertz CT molecular complexity index is 1770. The fourth-order valence-corrected chi connectivity index (χ4v) is 6.28. The van der Waals surface area contributed by atoms with Crippen LogP contribution in [0.4, 0.5) is 0 Å². The van der Waals surface area contributed by atoms with Gasteiger partial charge in [0.05, 0.1) is 29.2 Å². The monoisotopic (exact) mass is 655 g/mol. The van der Waals surface area contributed by atoms with Crippen molar-refractivity contribution >= 4 is 34.6 Å². The van der Waals surface area contributed by atoms with Crippen LogP contribution in [0.15, 0.2) is 78.4 Å². The minimum absolute atomic E-state index is 0.398. The van der Waals surface area contributed by atoms with Crippen molar-refractivity contribution in [1.82, 2.24) is 25.2 Å². The van der Waals surface area contributed by atoms with Crippen molar-refractivity contribution in [1.29, 1.82) is 0 Å². The standard InChI is InChI=1S/C36H41N5O5S/c1-26-35(47-25-38-26)29-9-11-31(22-37-24-42)34(21-29)46-18-5-3-4-15-40(2)23-27-6-12-32(13-7-27)45-19-17-41-16-14-28-8-10-30(20-33(28)41)36(43)39-44/h6-14,16,20-21,24-25,44H,3-5,15,17-19,22-23H2,1-2H3,(H,37,42)(H,39,43). The Hall–Kier alpha value is -4.71. The molecule has 47 heavy (non-hydrogen) atoms. The zero-order valence-electron chi connectivity index (χ0n) is 26.8.